The van der Waals surface area contributed by atoms with Crippen LogP contribution in [0.15, 0.2) is 24.3 Å². The van der Waals surface area contributed by atoms with Gasteiger partial charge in [-0.1, -0.05) is 17.7 Å². The summed E-state index contributed by atoms with van der Waals surface area (Å²) in [5.74, 6) is 0. The van der Waals surface area contributed by atoms with Gasteiger partial charge in [-0.3, -0.25) is 0 Å². The van der Waals surface area contributed by atoms with Crippen molar-refractivity contribution in [2.45, 2.75) is 39.2 Å². The van der Waals surface area contributed by atoms with Crippen LogP contribution in [-0.2, 0) is 0 Å². The Hall–Kier alpha value is -0.560. The third kappa shape index (κ3) is 5.86. The minimum Gasteiger partial charge on any atom is -0.324 e. The fourth-order valence-corrected chi connectivity index (χ4v) is 0.870. The molecule has 1 atom stereocenters. The summed E-state index contributed by atoms with van der Waals surface area (Å²) < 4.78 is 0. The van der Waals surface area contributed by atoms with Gasteiger partial charge in [0.15, 0.2) is 0 Å². The predicted octanol–water partition coefficient (Wildman–Crippen LogP) is 2.64. The maximum Gasteiger partial charge on any atom is 0.0248 e. The third-order valence-corrected chi connectivity index (χ3v) is 1.75. The number of hydrogen-bond donors (Lipinski definition) is 1. The van der Waals surface area contributed by atoms with Crippen LogP contribution >= 0.6 is 0 Å². The quantitative estimate of drug-likeness (QED) is 0.604. The first kappa shape index (κ1) is 10.4. The highest BCUT2D eigenvalue weighted by atomic mass is 14.6. The van der Waals surface area contributed by atoms with Gasteiger partial charge in [0, 0.05) is 6.04 Å². The van der Waals surface area contributed by atoms with Gasteiger partial charge in [-0.15, -0.1) is 6.58 Å². The van der Waals surface area contributed by atoms with Crippen molar-refractivity contribution in [3.63, 3.8) is 0 Å². The topological polar surface area (TPSA) is 26.0 Å². The van der Waals surface area contributed by atoms with E-state index in [9.17, 15) is 0 Å². The second-order valence-electron chi connectivity index (χ2n) is 3.30. The van der Waals surface area contributed by atoms with Gasteiger partial charge in [0.1, 0.15) is 0 Å². The molecule has 0 aliphatic carbocycles. The van der Waals surface area contributed by atoms with Gasteiger partial charge in [0.2, 0.25) is 0 Å². The molecule has 0 aromatic heterocycles. The molecule has 0 bridgehead atoms. The fourth-order valence-electron chi connectivity index (χ4n) is 0.870. The van der Waals surface area contributed by atoms with Crippen molar-refractivity contribution in [2.75, 3.05) is 0 Å². The van der Waals surface area contributed by atoms with Crippen molar-refractivity contribution in [1.29, 1.82) is 0 Å². The minimum atomic E-state index is 0.175. The lowest BCUT2D eigenvalue weighted by molar-refractivity contribution is 0.642. The molecule has 0 radical (unpaired) electrons. The molecule has 0 fully saturated rings. The van der Waals surface area contributed by atoms with E-state index < -0.39 is 0 Å². The number of allylic oxidation sites excluding steroid dienone is 1. The van der Waals surface area contributed by atoms with Crippen LogP contribution in [0.4, 0.5) is 0 Å². The zero-order valence-corrected chi connectivity index (χ0v) is 7.69. The van der Waals surface area contributed by atoms with E-state index in [1.54, 1.807) is 0 Å². The molecule has 0 aliphatic heterocycles. The Labute approximate surface area is 70.0 Å². The van der Waals surface area contributed by atoms with Crippen molar-refractivity contribution in [1.82, 2.24) is 0 Å². The first-order valence-corrected chi connectivity index (χ1v) is 4.09. The van der Waals surface area contributed by atoms with E-state index in [4.69, 9.17) is 5.73 Å². The lowest BCUT2D eigenvalue weighted by Crippen LogP contribution is -2.20. The summed E-state index contributed by atoms with van der Waals surface area (Å²) in [7, 11) is 0. The molecule has 0 saturated carbocycles. The Morgan fingerprint density at radius 3 is 2.27 bits per heavy atom. The van der Waals surface area contributed by atoms with E-state index in [1.165, 1.54) is 5.57 Å². The zero-order chi connectivity index (χ0) is 8.85. The molecule has 1 heteroatoms. The number of nitrogens with two attached hydrogens (primary N) is 1. The van der Waals surface area contributed by atoms with Gasteiger partial charge in [-0.05, 0) is 33.1 Å². The molecule has 64 valence electrons. The Balaban J connectivity index is 3.39. The monoisotopic (exact) mass is 153 g/mol. The second kappa shape index (κ2) is 5.14. The van der Waals surface area contributed by atoms with Gasteiger partial charge in [-0.2, -0.15) is 0 Å². The highest BCUT2D eigenvalue weighted by molar-refractivity contribution is 5.00. The average molecular weight is 153 g/mol. The molecule has 2 N–H and O–H groups in total. The van der Waals surface area contributed by atoms with Crippen LogP contribution in [0.25, 0.3) is 0 Å². The largest absolute Gasteiger partial charge is 0.324 e. The summed E-state index contributed by atoms with van der Waals surface area (Å²) in [6.45, 7) is 11.7. The standard InChI is InChI=1S/C10H19N/c1-8(2)6-5-7-10(11)9(3)4/h10H,1,3,5-7,11H2,2,4H3. The molecular formula is C10H19N. The maximum absolute atomic E-state index is 5.77. The van der Waals surface area contributed by atoms with E-state index in [-0.39, 0.29) is 6.04 Å². The molecule has 0 aliphatic rings. The molecule has 0 aromatic rings. The van der Waals surface area contributed by atoms with Crippen molar-refractivity contribution >= 4 is 0 Å². The van der Waals surface area contributed by atoms with Gasteiger partial charge in [0.25, 0.3) is 0 Å². The molecule has 0 saturated heterocycles. The van der Waals surface area contributed by atoms with Crippen LogP contribution in [0.1, 0.15) is 33.1 Å². The number of rotatable bonds is 5. The normalized spacial score (nSPS) is 12.6. The first-order valence-electron chi connectivity index (χ1n) is 4.09. The van der Waals surface area contributed by atoms with E-state index in [2.05, 4.69) is 13.2 Å². The molecule has 0 heterocycles. The van der Waals surface area contributed by atoms with Gasteiger partial charge >= 0.3 is 0 Å². The van der Waals surface area contributed by atoms with Gasteiger partial charge in [0.05, 0.1) is 0 Å². The highest BCUT2D eigenvalue weighted by Gasteiger charge is 2.01. The second-order valence-corrected chi connectivity index (χ2v) is 3.30. The molecule has 1 unspecified atom stereocenters. The smallest absolute Gasteiger partial charge is 0.0248 e. The molecule has 0 amide bonds. The van der Waals surface area contributed by atoms with E-state index >= 15 is 0 Å². The maximum atomic E-state index is 5.77. The summed E-state index contributed by atoms with van der Waals surface area (Å²) in [4.78, 5) is 0. The van der Waals surface area contributed by atoms with Crippen LogP contribution in [0.5, 0.6) is 0 Å². The summed E-state index contributed by atoms with van der Waals surface area (Å²) in [5, 5.41) is 0. The Morgan fingerprint density at radius 2 is 1.91 bits per heavy atom. The Morgan fingerprint density at radius 1 is 1.36 bits per heavy atom. The summed E-state index contributed by atoms with van der Waals surface area (Å²) >= 11 is 0. The van der Waals surface area contributed by atoms with Crippen LogP contribution in [-0.4, -0.2) is 6.04 Å². The molecule has 0 aromatic carbocycles. The third-order valence-electron chi connectivity index (χ3n) is 1.75. The molecule has 0 spiro atoms. The fraction of sp³-hybridized carbons (Fsp3) is 0.600. The molecule has 0 rings (SSSR count). The van der Waals surface area contributed by atoms with Crippen LogP contribution in [0.3, 0.4) is 0 Å². The first-order chi connectivity index (χ1) is 5.04. The lowest BCUT2D eigenvalue weighted by Gasteiger charge is -2.10. The van der Waals surface area contributed by atoms with Crippen molar-refractivity contribution in [3.8, 4) is 0 Å². The number of hydrogen-bond acceptors (Lipinski definition) is 1. The summed E-state index contributed by atoms with van der Waals surface area (Å²) in [6, 6.07) is 0.175. The van der Waals surface area contributed by atoms with E-state index in [0.717, 1.165) is 24.8 Å². The van der Waals surface area contributed by atoms with Crippen molar-refractivity contribution in [3.05, 3.63) is 24.3 Å². The molecule has 1 nitrogen and oxygen atoms in total. The molecular weight excluding hydrogens is 134 g/mol. The predicted molar refractivity (Wildman–Crippen MR) is 51.5 cm³/mol. The Bertz CT molecular complexity index is 147. The Kier molecular flexibility index (Phi) is 4.88. The summed E-state index contributed by atoms with van der Waals surface area (Å²) in [6.07, 6.45) is 3.24. The minimum absolute atomic E-state index is 0.175. The van der Waals surface area contributed by atoms with Gasteiger partial charge < -0.3 is 5.73 Å². The average Bonchev–Trinajstić information content (AvgIpc) is 1.86. The SMILES string of the molecule is C=C(C)CCCC(N)C(=C)C. The zero-order valence-electron chi connectivity index (χ0n) is 7.69. The van der Waals surface area contributed by atoms with E-state index in [0.29, 0.717) is 0 Å². The lowest BCUT2D eigenvalue weighted by atomic mass is 10.0. The van der Waals surface area contributed by atoms with Crippen LogP contribution < -0.4 is 5.73 Å². The highest BCUT2D eigenvalue weighted by Crippen LogP contribution is 2.08. The van der Waals surface area contributed by atoms with Crippen molar-refractivity contribution < 1.29 is 0 Å². The molecule has 11 heavy (non-hydrogen) atoms. The van der Waals surface area contributed by atoms with Gasteiger partial charge in [-0.25, -0.2) is 0 Å². The summed E-state index contributed by atoms with van der Waals surface area (Å²) in [5.41, 5.74) is 8.08. The van der Waals surface area contributed by atoms with Crippen molar-refractivity contribution in [2.24, 2.45) is 5.73 Å². The van der Waals surface area contributed by atoms with Crippen LogP contribution in [0.2, 0.25) is 0 Å². The van der Waals surface area contributed by atoms with Crippen LogP contribution in [0, 0.1) is 0 Å². The van der Waals surface area contributed by atoms with E-state index in [1.807, 2.05) is 13.8 Å².